The number of nitrogens with one attached hydrogen (secondary N) is 1. The Bertz CT molecular complexity index is 724. The molecule has 0 heterocycles. The minimum Gasteiger partial charge on any atom is -0.508 e. The van der Waals surface area contributed by atoms with Gasteiger partial charge < -0.3 is 15.2 Å². The molecule has 0 bridgehead atoms. The SMILES string of the molecule is CC(C)(Oc1ccc(Cl)cc1)C(=O)NCC(=O)c1ccc(O)cc1. The van der Waals surface area contributed by atoms with Crippen LogP contribution in [0.3, 0.4) is 0 Å². The van der Waals surface area contributed by atoms with Gasteiger partial charge in [-0.25, -0.2) is 0 Å². The number of Topliss-reactive ketones (excluding diaryl/α,β-unsaturated/α-hetero) is 1. The summed E-state index contributed by atoms with van der Waals surface area (Å²) in [7, 11) is 0. The largest absolute Gasteiger partial charge is 0.508 e. The molecular weight excluding hydrogens is 330 g/mol. The molecule has 0 radical (unpaired) electrons. The molecule has 0 unspecified atom stereocenters. The Morgan fingerprint density at radius 3 is 2.25 bits per heavy atom. The zero-order valence-electron chi connectivity index (χ0n) is 13.4. The van der Waals surface area contributed by atoms with Crippen molar-refractivity contribution >= 4 is 23.3 Å². The fourth-order valence-corrected chi connectivity index (χ4v) is 2.09. The first-order valence-corrected chi connectivity index (χ1v) is 7.71. The Hall–Kier alpha value is -2.53. The lowest BCUT2D eigenvalue weighted by atomic mass is 10.1. The lowest BCUT2D eigenvalue weighted by molar-refractivity contribution is -0.134. The molecule has 0 aliphatic heterocycles. The molecule has 2 N–H and O–H groups in total. The number of aromatic hydroxyl groups is 1. The van der Waals surface area contributed by atoms with Crippen LogP contribution in [0.25, 0.3) is 0 Å². The van der Waals surface area contributed by atoms with Crippen LogP contribution in [0.1, 0.15) is 24.2 Å². The molecule has 0 fully saturated rings. The number of carbonyl (C=O) groups is 2. The average molecular weight is 348 g/mol. The number of phenols is 1. The van der Waals surface area contributed by atoms with Crippen molar-refractivity contribution in [2.75, 3.05) is 6.54 Å². The van der Waals surface area contributed by atoms with Crippen LogP contribution in [0, 0.1) is 0 Å². The normalized spacial score (nSPS) is 11.0. The molecule has 0 saturated carbocycles. The van der Waals surface area contributed by atoms with Gasteiger partial charge in [-0.1, -0.05) is 11.6 Å². The van der Waals surface area contributed by atoms with Crippen molar-refractivity contribution in [3.05, 3.63) is 59.1 Å². The molecule has 1 amide bonds. The second-order valence-corrected chi connectivity index (χ2v) is 6.16. The summed E-state index contributed by atoms with van der Waals surface area (Å²) >= 11 is 5.81. The molecule has 0 aliphatic carbocycles. The van der Waals surface area contributed by atoms with Crippen molar-refractivity contribution in [1.82, 2.24) is 5.32 Å². The van der Waals surface area contributed by atoms with Gasteiger partial charge in [-0.2, -0.15) is 0 Å². The van der Waals surface area contributed by atoms with Crippen molar-refractivity contribution in [2.45, 2.75) is 19.4 Å². The molecule has 6 heteroatoms. The molecule has 0 atom stereocenters. The van der Waals surface area contributed by atoms with Crippen LogP contribution in [0.15, 0.2) is 48.5 Å². The van der Waals surface area contributed by atoms with Gasteiger partial charge in [-0.3, -0.25) is 9.59 Å². The Kier molecular flexibility index (Phi) is 5.46. The maximum absolute atomic E-state index is 12.3. The van der Waals surface area contributed by atoms with Gasteiger partial charge in [0.15, 0.2) is 11.4 Å². The van der Waals surface area contributed by atoms with E-state index in [1.165, 1.54) is 24.3 Å². The third-order valence-electron chi connectivity index (χ3n) is 3.33. The maximum Gasteiger partial charge on any atom is 0.263 e. The maximum atomic E-state index is 12.3. The summed E-state index contributed by atoms with van der Waals surface area (Å²) in [6.45, 7) is 3.07. The van der Waals surface area contributed by atoms with Crippen LogP contribution in [-0.4, -0.2) is 28.9 Å². The predicted octanol–water partition coefficient (Wildman–Crippen LogP) is 3.20. The van der Waals surface area contributed by atoms with Crippen LogP contribution in [0.5, 0.6) is 11.5 Å². The molecule has 2 aromatic rings. The van der Waals surface area contributed by atoms with Gasteiger partial charge in [0.25, 0.3) is 5.91 Å². The molecule has 2 aromatic carbocycles. The van der Waals surface area contributed by atoms with E-state index in [0.717, 1.165) is 0 Å². The Balaban J connectivity index is 1.93. The first-order chi connectivity index (χ1) is 11.3. The van der Waals surface area contributed by atoms with Gasteiger partial charge in [0, 0.05) is 10.6 Å². The van der Waals surface area contributed by atoms with Gasteiger partial charge in [-0.15, -0.1) is 0 Å². The molecule has 0 spiro atoms. The molecule has 0 saturated heterocycles. The summed E-state index contributed by atoms with van der Waals surface area (Å²) in [4.78, 5) is 24.3. The van der Waals surface area contributed by atoms with Gasteiger partial charge >= 0.3 is 0 Å². The fourth-order valence-electron chi connectivity index (χ4n) is 1.97. The van der Waals surface area contributed by atoms with Gasteiger partial charge in [0.05, 0.1) is 6.54 Å². The standard InChI is InChI=1S/C18H18ClNO4/c1-18(2,24-15-9-5-13(19)6-10-15)17(23)20-11-16(22)12-3-7-14(21)8-4-12/h3-10,21H,11H2,1-2H3,(H,20,23). The number of benzene rings is 2. The van der Waals surface area contributed by atoms with Gasteiger partial charge in [-0.05, 0) is 62.4 Å². The number of hydrogen-bond donors (Lipinski definition) is 2. The average Bonchev–Trinajstić information content (AvgIpc) is 2.55. The lowest BCUT2D eigenvalue weighted by Crippen LogP contribution is -2.47. The molecule has 0 aliphatic rings. The minimum absolute atomic E-state index is 0.0769. The number of ether oxygens (including phenoxy) is 1. The summed E-state index contributed by atoms with van der Waals surface area (Å²) in [5, 5.41) is 12.4. The highest BCUT2D eigenvalue weighted by molar-refractivity contribution is 6.30. The van der Waals surface area contributed by atoms with Crippen molar-refractivity contribution in [3.8, 4) is 11.5 Å². The smallest absolute Gasteiger partial charge is 0.263 e. The summed E-state index contributed by atoms with van der Waals surface area (Å²) in [5.41, 5.74) is -0.743. The van der Waals surface area contributed by atoms with E-state index in [1.807, 2.05) is 0 Å². The minimum atomic E-state index is -1.15. The molecule has 126 valence electrons. The van der Waals surface area contributed by atoms with Crippen LogP contribution in [-0.2, 0) is 4.79 Å². The number of amides is 1. The van der Waals surface area contributed by atoms with E-state index in [-0.39, 0.29) is 18.1 Å². The number of carbonyl (C=O) groups excluding carboxylic acids is 2. The monoisotopic (exact) mass is 347 g/mol. The molecule has 2 rings (SSSR count). The third kappa shape index (κ3) is 4.73. The lowest BCUT2D eigenvalue weighted by Gasteiger charge is -2.25. The highest BCUT2D eigenvalue weighted by atomic mass is 35.5. The van der Waals surface area contributed by atoms with E-state index in [2.05, 4.69) is 5.32 Å². The quantitative estimate of drug-likeness (QED) is 0.787. The van der Waals surface area contributed by atoms with Gasteiger partial charge in [0.1, 0.15) is 11.5 Å². The van der Waals surface area contributed by atoms with E-state index in [9.17, 15) is 14.7 Å². The van der Waals surface area contributed by atoms with Crippen molar-refractivity contribution in [2.24, 2.45) is 0 Å². The van der Waals surface area contributed by atoms with Crippen LogP contribution in [0.2, 0.25) is 5.02 Å². The Morgan fingerprint density at radius 1 is 1.08 bits per heavy atom. The second-order valence-electron chi connectivity index (χ2n) is 5.72. The van der Waals surface area contributed by atoms with Crippen LogP contribution >= 0.6 is 11.6 Å². The molecular formula is C18H18ClNO4. The van der Waals surface area contributed by atoms with E-state index in [1.54, 1.807) is 38.1 Å². The van der Waals surface area contributed by atoms with Crippen LogP contribution in [0.4, 0.5) is 0 Å². The number of phenolic OH excluding ortho intramolecular Hbond substituents is 1. The van der Waals surface area contributed by atoms with Crippen molar-refractivity contribution < 1.29 is 19.4 Å². The first kappa shape index (κ1) is 17.8. The van der Waals surface area contributed by atoms with Crippen LogP contribution < -0.4 is 10.1 Å². The number of rotatable bonds is 6. The van der Waals surface area contributed by atoms with E-state index >= 15 is 0 Å². The highest BCUT2D eigenvalue weighted by Gasteiger charge is 2.30. The topological polar surface area (TPSA) is 75.6 Å². The zero-order chi connectivity index (χ0) is 17.7. The van der Waals surface area contributed by atoms with Gasteiger partial charge in [0.2, 0.25) is 0 Å². The third-order valence-corrected chi connectivity index (χ3v) is 3.58. The molecule has 0 aromatic heterocycles. The fraction of sp³-hybridized carbons (Fsp3) is 0.222. The Morgan fingerprint density at radius 2 is 1.67 bits per heavy atom. The van der Waals surface area contributed by atoms with Crippen molar-refractivity contribution in [3.63, 3.8) is 0 Å². The second kappa shape index (κ2) is 7.36. The van der Waals surface area contributed by atoms with E-state index in [0.29, 0.717) is 16.3 Å². The highest BCUT2D eigenvalue weighted by Crippen LogP contribution is 2.21. The number of hydrogen-bond acceptors (Lipinski definition) is 4. The summed E-state index contributed by atoms with van der Waals surface area (Å²) in [6, 6.07) is 12.5. The number of halogens is 1. The first-order valence-electron chi connectivity index (χ1n) is 7.33. The number of ketones is 1. The van der Waals surface area contributed by atoms with E-state index in [4.69, 9.17) is 16.3 Å². The molecule has 24 heavy (non-hydrogen) atoms. The van der Waals surface area contributed by atoms with Crippen molar-refractivity contribution in [1.29, 1.82) is 0 Å². The van der Waals surface area contributed by atoms with E-state index < -0.39 is 11.5 Å². The zero-order valence-corrected chi connectivity index (χ0v) is 14.1. The summed E-state index contributed by atoms with van der Waals surface area (Å²) in [5.74, 6) is -0.0901. The summed E-state index contributed by atoms with van der Waals surface area (Å²) < 4.78 is 5.66. The summed E-state index contributed by atoms with van der Waals surface area (Å²) in [6.07, 6.45) is 0. The molecule has 5 nitrogen and oxygen atoms in total. The Labute approximate surface area is 145 Å². The predicted molar refractivity (Wildman–Crippen MR) is 91.6 cm³/mol.